The third kappa shape index (κ3) is 3.05. The van der Waals surface area contributed by atoms with Crippen LogP contribution in [0.5, 0.6) is 0 Å². The van der Waals surface area contributed by atoms with Gasteiger partial charge >= 0.3 is 6.09 Å². The maximum absolute atomic E-state index is 11.9. The quantitative estimate of drug-likeness (QED) is 0.780. The number of carbonyl (C=O) groups excluding carboxylic acids is 1. The van der Waals surface area contributed by atoms with Crippen molar-refractivity contribution in [2.75, 3.05) is 13.1 Å². The fraction of sp³-hybridized carbons (Fsp3) is 0.467. The second-order valence-corrected chi connectivity index (χ2v) is 7.16. The molecule has 0 atom stereocenters. The molecule has 0 aliphatic carbocycles. The highest BCUT2D eigenvalue weighted by Gasteiger charge is 2.37. The summed E-state index contributed by atoms with van der Waals surface area (Å²) >= 11 is 3.41. The topological polar surface area (TPSA) is 55.6 Å². The van der Waals surface area contributed by atoms with Crippen molar-refractivity contribution in [3.63, 3.8) is 0 Å². The molecule has 1 aliphatic heterocycles. The van der Waals surface area contributed by atoms with Crippen LogP contribution in [0.3, 0.4) is 0 Å². The highest BCUT2D eigenvalue weighted by Crippen LogP contribution is 2.31. The first kappa shape index (κ1) is 14.4. The lowest BCUT2D eigenvalue weighted by Gasteiger charge is -2.38. The molecule has 21 heavy (non-hydrogen) atoms. The molecule has 2 aromatic rings. The first-order valence-corrected chi connectivity index (χ1v) is 7.65. The Morgan fingerprint density at radius 2 is 2.14 bits per heavy atom. The zero-order valence-electron chi connectivity index (χ0n) is 12.2. The molecule has 3 rings (SSSR count). The Bertz CT molecular complexity index is 684. The number of carbonyl (C=O) groups is 1. The van der Waals surface area contributed by atoms with E-state index in [1.54, 1.807) is 4.90 Å². The minimum atomic E-state index is -0.466. The summed E-state index contributed by atoms with van der Waals surface area (Å²) < 4.78 is 12.1. The van der Waals surface area contributed by atoms with Crippen molar-refractivity contribution in [2.24, 2.45) is 0 Å². The molecule has 1 aromatic carbocycles. The summed E-state index contributed by atoms with van der Waals surface area (Å²) in [7, 11) is 0. The number of aromatic nitrogens is 1. The van der Waals surface area contributed by atoms with Crippen molar-refractivity contribution in [1.82, 2.24) is 9.88 Å². The maximum atomic E-state index is 11.9. The van der Waals surface area contributed by atoms with Crippen LogP contribution in [0, 0.1) is 0 Å². The Hall–Kier alpha value is -1.56. The van der Waals surface area contributed by atoms with Crippen molar-refractivity contribution in [2.45, 2.75) is 32.3 Å². The Morgan fingerprint density at radius 1 is 1.43 bits per heavy atom. The van der Waals surface area contributed by atoms with Gasteiger partial charge in [0.05, 0.1) is 5.92 Å². The molecule has 0 bridgehead atoms. The zero-order chi connectivity index (χ0) is 15.2. The lowest BCUT2D eigenvalue weighted by atomic mass is 10.0. The lowest BCUT2D eigenvalue weighted by molar-refractivity contribution is 0.00621. The van der Waals surface area contributed by atoms with E-state index in [0.717, 1.165) is 15.6 Å². The number of fused-ring (bicyclic) bond motifs is 1. The lowest BCUT2D eigenvalue weighted by Crippen LogP contribution is -2.50. The molecule has 5 nitrogen and oxygen atoms in total. The standard InChI is InChI=1S/C15H17BrN2O3/c1-15(2,3)21-14(19)18-7-9(8-18)13-17-11-5-4-10(16)6-12(11)20-13/h4-6,9H,7-8H2,1-3H3. The van der Waals surface area contributed by atoms with Crippen LogP contribution in [0.25, 0.3) is 11.1 Å². The number of amides is 1. The molecule has 0 unspecified atom stereocenters. The predicted molar refractivity (Wildman–Crippen MR) is 82.3 cm³/mol. The first-order valence-electron chi connectivity index (χ1n) is 6.86. The van der Waals surface area contributed by atoms with E-state index in [1.165, 1.54) is 0 Å². The van der Waals surface area contributed by atoms with Gasteiger partial charge in [-0.15, -0.1) is 0 Å². The van der Waals surface area contributed by atoms with E-state index in [1.807, 2.05) is 39.0 Å². The Labute approximate surface area is 131 Å². The van der Waals surface area contributed by atoms with Gasteiger partial charge in [0, 0.05) is 17.6 Å². The van der Waals surface area contributed by atoms with Crippen LogP contribution in [-0.4, -0.2) is 34.7 Å². The summed E-state index contributed by atoms with van der Waals surface area (Å²) in [6.45, 7) is 6.76. The molecule has 0 N–H and O–H groups in total. The third-order valence-electron chi connectivity index (χ3n) is 3.25. The highest BCUT2D eigenvalue weighted by molar-refractivity contribution is 9.10. The van der Waals surface area contributed by atoms with Crippen LogP contribution in [0.2, 0.25) is 0 Å². The van der Waals surface area contributed by atoms with Gasteiger partial charge in [-0.05, 0) is 39.0 Å². The summed E-state index contributed by atoms with van der Waals surface area (Å²) in [6.07, 6.45) is -0.280. The molecule has 1 saturated heterocycles. The second-order valence-electron chi connectivity index (χ2n) is 6.25. The summed E-state index contributed by atoms with van der Waals surface area (Å²) in [6, 6.07) is 5.75. The number of nitrogens with zero attached hydrogens (tertiary/aromatic N) is 2. The second kappa shape index (κ2) is 5.02. The van der Waals surface area contributed by atoms with Gasteiger partial charge in [0.15, 0.2) is 5.58 Å². The molecule has 112 valence electrons. The van der Waals surface area contributed by atoms with E-state index in [9.17, 15) is 4.79 Å². The number of benzene rings is 1. The van der Waals surface area contributed by atoms with E-state index in [0.29, 0.717) is 19.0 Å². The minimum Gasteiger partial charge on any atom is -0.444 e. The molecule has 0 spiro atoms. The fourth-order valence-corrected chi connectivity index (χ4v) is 2.54. The summed E-state index contributed by atoms with van der Waals surface area (Å²) in [5.41, 5.74) is 1.13. The van der Waals surface area contributed by atoms with Gasteiger partial charge in [-0.1, -0.05) is 15.9 Å². The summed E-state index contributed by atoms with van der Waals surface area (Å²) in [5.74, 6) is 0.826. The molecular formula is C15H17BrN2O3. The summed E-state index contributed by atoms with van der Waals surface area (Å²) in [5, 5.41) is 0. The van der Waals surface area contributed by atoms with E-state index < -0.39 is 5.60 Å². The summed E-state index contributed by atoms with van der Waals surface area (Å²) in [4.78, 5) is 18.0. The third-order valence-corrected chi connectivity index (χ3v) is 3.74. The molecule has 1 aromatic heterocycles. The largest absolute Gasteiger partial charge is 0.444 e. The predicted octanol–water partition coefficient (Wildman–Crippen LogP) is 3.92. The molecular weight excluding hydrogens is 336 g/mol. The van der Waals surface area contributed by atoms with Gasteiger partial charge in [-0.3, -0.25) is 0 Å². The number of hydrogen-bond donors (Lipinski definition) is 0. The maximum Gasteiger partial charge on any atom is 0.410 e. The van der Waals surface area contributed by atoms with Gasteiger partial charge in [-0.25, -0.2) is 9.78 Å². The van der Waals surface area contributed by atoms with Crippen molar-refractivity contribution >= 4 is 33.1 Å². The van der Waals surface area contributed by atoms with Gasteiger partial charge in [0.2, 0.25) is 5.89 Å². The Kier molecular flexibility index (Phi) is 3.43. The average molecular weight is 353 g/mol. The molecule has 0 saturated carbocycles. The number of likely N-dealkylation sites (tertiary alicyclic amines) is 1. The molecule has 1 aliphatic rings. The Balaban J connectivity index is 1.66. The van der Waals surface area contributed by atoms with E-state index in [4.69, 9.17) is 9.15 Å². The van der Waals surface area contributed by atoms with E-state index in [2.05, 4.69) is 20.9 Å². The number of ether oxygens (including phenoxy) is 1. The van der Waals surface area contributed by atoms with Crippen molar-refractivity contribution in [3.05, 3.63) is 28.6 Å². The smallest absolute Gasteiger partial charge is 0.410 e. The van der Waals surface area contributed by atoms with Crippen molar-refractivity contribution < 1.29 is 13.9 Å². The number of rotatable bonds is 1. The van der Waals surface area contributed by atoms with Crippen LogP contribution in [0.1, 0.15) is 32.6 Å². The van der Waals surface area contributed by atoms with Crippen molar-refractivity contribution in [3.8, 4) is 0 Å². The van der Waals surface area contributed by atoms with E-state index in [-0.39, 0.29) is 12.0 Å². The van der Waals surface area contributed by atoms with Gasteiger partial charge in [0.25, 0.3) is 0 Å². The SMILES string of the molecule is CC(C)(C)OC(=O)N1CC(c2nc3ccc(Br)cc3o2)C1. The van der Waals surface area contributed by atoms with Crippen LogP contribution in [-0.2, 0) is 4.74 Å². The molecule has 1 amide bonds. The van der Waals surface area contributed by atoms with Crippen LogP contribution < -0.4 is 0 Å². The van der Waals surface area contributed by atoms with E-state index >= 15 is 0 Å². The Morgan fingerprint density at radius 3 is 2.81 bits per heavy atom. The molecule has 2 heterocycles. The normalized spacial score (nSPS) is 16.1. The molecule has 1 fully saturated rings. The van der Waals surface area contributed by atoms with Crippen LogP contribution >= 0.6 is 15.9 Å². The van der Waals surface area contributed by atoms with Gasteiger partial charge in [-0.2, -0.15) is 0 Å². The zero-order valence-corrected chi connectivity index (χ0v) is 13.8. The number of hydrogen-bond acceptors (Lipinski definition) is 4. The number of oxazole rings is 1. The first-order chi connectivity index (χ1) is 9.82. The van der Waals surface area contributed by atoms with Gasteiger partial charge < -0.3 is 14.1 Å². The van der Waals surface area contributed by atoms with Crippen LogP contribution in [0.15, 0.2) is 27.1 Å². The van der Waals surface area contributed by atoms with Gasteiger partial charge in [0.1, 0.15) is 11.1 Å². The van der Waals surface area contributed by atoms with Crippen molar-refractivity contribution in [1.29, 1.82) is 0 Å². The highest BCUT2D eigenvalue weighted by atomic mass is 79.9. The monoisotopic (exact) mass is 352 g/mol. The average Bonchev–Trinajstić information content (AvgIpc) is 2.66. The number of halogens is 1. The fourth-order valence-electron chi connectivity index (χ4n) is 2.20. The molecule has 0 radical (unpaired) electrons. The van der Waals surface area contributed by atoms with Crippen LogP contribution in [0.4, 0.5) is 4.79 Å². The minimum absolute atomic E-state index is 0.142. The molecule has 6 heteroatoms.